The zero-order valence-corrected chi connectivity index (χ0v) is 33.3. The van der Waals surface area contributed by atoms with Crippen LogP contribution in [0.15, 0.2) is 222 Å². The highest BCUT2D eigenvalue weighted by Gasteiger charge is 2.50. The molecule has 1 spiro atoms. The highest BCUT2D eigenvalue weighted by molar-refractivity contribution is 7.99. The molecule has 0 saturated carbocycles. The van der Waals surface area contributed by atoms with E-state index in [1.54, 1.807) is 0 Å². The minimum Gasteiger partial charge on any atom is -0.208 e. The van der Waals surface area contributed by atoms with Crippen molar-refractivity contribution in [3.8, 4) is 67.5 Å². The Balaban J connectivity index is 1.01. The van der Waals surface area contributed by atoms with Gasteiger partial charge in [0.25, 0.3) is 0 Å². The zero-order valence-electron chi connectivity index (χ0n) is 32.5. The maximum atomic E-state index is 5.03. The highest BCUT2D eigenvalue weighted by Crippen LogP contribution is 2.63. The molecule has 10 aromatic rings. The Morgan fingerprint density at radius 3 is 1.37 bits per heavy atom. The minimum absolute atomic E-state index is 0.461. The molecule has 0 amide bonds. The molecule has 0 bridgehead atoms. The van der Waals surface area contributed by atoms with E-state index in [0.29, 0.717) is 17.5 Å². The smallest absolute Gasteiger partial charge is 0.164 e. The summed E-state index contributed by atoms with van der Waals surface area (Å²) in [5.41, 5.74) is 15.0. The fourth-order valence-corrected chi connectivity index (χ4v) is 10.8. The number of benzene rings is 9. The molecule has 3 nitrogen and oxygen atoms in total. The Kier molecular flexibility index (Phi) is 8.00. The summed E-state index contributed by atoms with van der Waals surface area (Å²) >= 11 is 1.91. The molecule has 9 aromatic carbocycles. The fraction of sp³-hybridized carbons (Fsp3) is 0.0179. The molecule has 2 heterocycles. The zero-order chi connectivity index (χ0) is 39.6. The van der Waals surface area contributed by atoms with E-state index in [2.05, 4.69) is 152 Å². The summed E-state index contributed by atoms with van der Waals surface area (Å²) in [7, 11) is 0. The number of nitrogens with zero attached hydrogens (tertiary/aromatic N) is 3. The van der Waals surface area contributed by atoms with Gasteiger partial charge < -0.3 is 0 Å². The van der Waals surface area contributed by atoms with E-state index in [1.807, 2.05) is 72.4 Å². The Morgan fingerprint density at radius 1 is 0.300 bits per heavy atom. The number of aromatic nitrogens is 3. The van der Waals surface area contributed by atoms with Crippen LogP contribution < -0.4 is 0 Å². The maximum Gasteiger partial charge on any atom is 0.164 e. The Labute approximate surface area is 353 Å². The van der Waals surface area contributed by atoms with Gasteiger partial charge in [0.2, 0.25) is 0 Å². The molecule has 0 atom stereocenters. The second kappa shape index (κ2) is 13.9. The first-order valence-corrected chi connectivity index (χ1v) is 21.2. The predicted molar refractivity (Wildman–Crippen MR) is 246 cm³/mol. The topological polar surface area (TPSA) is 38.7 Å². The van der Waals surface area contributed by atoms with Gasteiger partial charge in [0.1, 0.15) is 0 Å². The van der Waals surface area contributed by atoms with Gasteiger partial charge in [-0.25, -0.2) is 15.0 Å². The van der Waals surface area contributed by atoms with Crippen LogP contribution in [0.1, 0.15) is 22.3 Å². The van der Waals surface area contributed by atoms with Crippen molar-refractivity contribution in [3.05, 3.63) is 235 Å². The first kappa shape index (κ1) is 34.6. The third kappa shape index (κ3) is 5.42. The number of fused-ring (bicyclic) bond motifs is 10. The normalized spacial score (nSPS) is 13.1. The minimum atomic E-state index is -0.461. The van der Waals surface area contributed by atoms with Gasteiger partial charge in [0, 0.05) is 26.5 Å². The van der Waals surface area contributed by atoms with Gasteiger partial charge >= 0.3 is 0 Å². The molecule has 1 aliphatic carbocycles. The summed E-state index contributed by atoms with van der Waals surface area (Å²) in [5, 5.41) is 2.52. The van der Waals surface area contributed by atoms with Crippen LogP contribution in [0.3, 0.4) is 0 Å². The molecule has 1 aliphatic heterocycles. The summed E-state index contributed by atoms with van der Waals surface area (Å²) in [4.78, 5) is 17.6. The van der Waals surface area contributed by atoms with Crippen LogP contribution in [-0.4, -0.2) is 15.0 Å². The molecular weight excluding hydrogens is 747 g/mol. The average molecular weight is 782 g/mol. The van der Waals surface area contributed by atoms with Gasteiger partial charge in [-0.3, -0.25) is 0 Å². The van der Waals surface area contributed by atoms with Crippen LogP contribution in [0.2, 0.25) is 0 Å². The summed E-state index contributed by atoms with van der Waals surface area (Å²) in [6.45, 7) is 0. The predicted octanol–water partition coefficient (Wildman–Crippen LogP) is 14.2. The third-order valence-electron chi connectivity index (χ3n) is 12.2. The van der Waals surface area contributed by atoms with Gasteiger partial charge in [0.05, 0.1) is 5.41 Å². The van der Waals surface area contributed by atoms with E-state index in [4.69, 9.17) is 15.0 Å². The van der Waals surface area contributed by atoms with Gasteiger partial charge in [-0.15, -0.1) is 0 Å². The first-order chi connectivity index (χ1) is 29.7. The molecular formula is C56H35N3S. The van der Waals surface area contributed by atoms with Crippen molar-refractivity contribution in [3.63, 3.8) is 0 Å². The number of rotatable bonds is 5. The van der Waals surface area contributed by atoms with Crippen molar-refractivity contribution in [2.75, 3.05) is 0 Å². The standard InChI is InChI=1S/C56H35N3S/c1-3-16-36(17-4-1)53-57-54(37-18-5-2-6-19-37)59-55(58-53)43-25-14-23-39(33-43)38-22-13-24-42(32-38)44-28-15-31-49-52(44)60-51-35-41-21-8-7-20-40(41)34-50(51)56(49)47-29-11-9-26-45(47)46-27-10-12-30-48(46)56/h1-35H. The Hall–Kier alpha value is -7.40. The second-order valence-corrected chi connectivity index (χ2v) is 16.6. The molecule has 0 radical (unpaired) electrons. The lowest BCUT2D eigenvalue weighted by atomic mass is 9.66. The highest BCUT2D eigenvalue weighted by atomic mass is 32.2. The number of hydrogen-bond donors (Lipinski definition) is 0. The summed E-state index contributed by atoms with van der Waals surface area (Å²) in [6, 6.07) is 76.5. The summed E-state index contributed by atoms with van der Waals surface area (Å²) < 4.78 is 0. The SMILES string of the molecule is c1ccc(-c2nc(-c3ccccc3)nc(-c3cccc(-c4cccc(-c5cccc6c5Sc5cc7ccccc7cc5C65c6ccccc6-c6ccccc65)c4)c3)n2)cc1. The lowest BCUT2D eigenvalue weighted by Crippen LogP contribution is -2.32. The number of hydrogen-bond acceptors (Lipinski definition) is 4. The van der Waals surface area contributed by atoms with Crippen LogP contribution in [0, 0.1) is 0 Å². The van der Waals surface area contributed by atoms with Crippen molar-refractivity contribution in [2.24, 2.45) is 0 Å². The van der Waals surface area contributed by atoms with Crippen molar-refractivity contribution >= 4 is 22.5 Å². The molecule has 4 heteroatoms. The van der Waals surface area contributed by atoms with E-state index in [1.165, 1.54) is 65.1 Å². The van der Waals surface area contributed by atoms with Crippen molar-refractivity contribution in [1.29, 1.82) is 0 Å². The molecule has 280 valence electrons. The largest absolute Gasteiger partial charge is 0.208 e. The molecule has 0 saturated heterocycles. The van der Waals surface area contributed by atoms with Gasteiger partial charge in [0.15, 0.2) is 17.5 Å². The second-order valence-electron chi connectivity index (χ2n) is 15.5. The molecule has 2 aliphatic rings. The lowest BCUT2D eigenvalue weighted by molar-refractivity contribution is 0.725. The van der Waals surface area contributed by atoms with Gasteiger partial charge in [-0.05, 0) is 90.7 Å². The molecule has 1 aromatic heterocycles. The van der Waals surface area contributed by atoms with E-state index in [0.717, 1.165) is 27.8 Å². The van der Waals surface area contributed by atoms with Crippen molar-refractivity contribution in [2.45, 2.75) is 15.2 Å². The van der Waals surface area contributed by atoms with E-state index in [-0.39, 0.29) is 0 Å². The quantitative estimate of drug-likeness (QED) is 0.174. The van der Waals surface area contributed by atoms with Crippen LogP contribution in [0.5, 0.6) is 0 Å². The molecule has 0 fully saturated rings. The summed E-state index contributed by atoms with van der Waals surface area (Å²) in [6.07, 6.45) is 0. The molecule has 0 N–H and O–H groups in total. The molecule has 12 rings (SSSR count). The van der Waals surface area contributed by atoms with E-state index < -0.39 is 5.41 Å². The fourth-order valence-electron chi connectivity index (χ4n) is 9.48. The summed E-state index contributed by atoms with van der Waals surface area (Å²) in [5.74, 6) is 1.94. The first-order valence-electron chi connectivity index (χ1n) is 20.3. The van der Waals surface area contributed by atoms with Crippen LogP contribution in [-0.2, 0) is 5.41 Å². The Bertz CT molecular complexity index is 3200. The van der Waals surface area contributed by atoms with Crippen LogP contribution in [0.4, 0.5) is 0 Å². The average Bonchev–Trinajstić information content (AvgIpc) is 3.62. The molecule has 60 heavy (non-hydrogen) atoms. The monoisotopic (exact) mass is 781 g/mol. The lowest BCUT2D eigenvalue weighted by Gasteiger charge is -2.40. The Morgan fingerprint density at radius 2 is 0.733 bits per heavy atom. The van der Waals surface area contributed by atoms with Crippen LogP contribution >= 0.6 is 11.8 Å². The van der Waals surface area contributed by atoms with Gasteiger partial charge in [-0.2, -0.15) is 0 Å². The van der Waals surface area contributed by atoms with E-state index >= 15 is 0 Å². The maximum absolute atomic E-state index is 5.03. The molecule has 0 unspecified atom stereocenters. The van der Waals surface area contributed by atoms with Crippen molar-refractivity contribution in [1.82, 2.24) is 15.0 Å². The van der Waals surface area contributed by atoms with Crippen LogP contribution in [0.25, 0.3) is 78.3 Å². The third-order valence-corrected chi connectivity index (χ3v) is 13.4. The van der Waals surface area contributed by atoms with Crippen molar-refractivity contribution < 1.29 is 0 Å². The van der Waals surface area contributed by atoms with E-state index in [9.17, 15) is 0 Å². The van der Waals surface area contributed by atoms with Gasteiger partial charge in [-0.1, -0.05) is 200 Å².